The van der Waals surface area contributed by atoms with Crippen LogP contribution in [-0.2, 0) is 9.48 Å². The van der Waals surface area contributed by atoms with E-state index in [0.717, 1.165) is 24.2 Å². The van der Waals surface area contributed by atoms with Crippen molar-refractivity contribution in [1.29, 1.82) is 0 Å². The van der Waals surface area contributed by atoms with Gasteiger partial charge in [-0.25, -0.2) is 14.8 Å². The molecule has 0 bridgehead atoms. The van der Waals surface area contributed by atoms with E-state index in [2.05, 4.69) is 27.6 Å². The summed E-state index contributed by atoms with van der Waals surface area (Å²) in [6, 6.07) is 9.42. The van der Waals surface area contributed by atoms with Crippen LogP contribution in [0, 0.1) is 13.8 Å². The molecule has 208 valence electrons. The number of ether oxygens (including phenoxy) is 1. The molecule has 2 aromatic heterocycles. The molecule has 0 spiro atoms. The molecule has 2 aliphatic carbocycles. The predicted octanol–water partition coefficient (Wildman–Crippen LogP) is 5.06. The average Bonchev–Trinajstić information content (AvgIpc) is 3.84. The summed E-state index contributed by atoms with van der Waals surface area (Å²) in [5.74, 6) is 1.61. The van der Waals surface area contributed by atoms with Gasteiger partial charge in [-0.2, -0.15) is 10.6 Å². The van der Waals surface area contributed by atoms with E-state index in [1.807, 2.05) is 30.3 Å². The van der Waals surface area contributed by atoms with E-state index in [-0.39, 0.29) is 18.1 Å². The maximum Gasteiger partial charge on any atom is 0.319 e. The molecule has 1 atom stereocenters. The normalized spacial score (nSPS) is 20.9. The molecule has 1 aromatic carbocycles. The smallest absolute Gasteiger partial charge is 0.319 e. The SMILES string of the molecule is Cc1noc(C)c1S(O)(O)C1(c2cc(N3CCOC[C@@H]3C)nc(-c3ccc(NC(=O)NC4CC4)cc3)n2)CC1. The summed E-state index contributed by atoms with van der Waals surface area (Å²) in [6.45, 7) is 7.34. The van der Waals surface area contributed by atoms with Gasteiger partial charge in [-0.15, -0.1) is 0 Å². The molecule has 39 heavy (non-hydrogen) atoms. The zero-order valence-corrected chi connectivity index (χ0v) is 23.1. The highest BCUT2D eigenvalue weighted by molar-refractivity contribution is 8.25. The second-order valence-corrected chi connectivity index (χ2v) is 13.0. The van der Waals surface area contributed by atoms with Crippen LogP contribution in [0.25, 0.3) is 11.4 Å². The number of rotatable bonds is 7. The third kappa shape index (κ3) is 4.86. The fraction of sp³-hybridized carbons (Fsp3) is 0.481. The highest BCUT2D eigenvalue weighted by Gasteiger charge is 2.59. The first-order valence-corrected chi connectivity index (χ1v) is 14.9. The van der Waals surface area contributed by atoms with E-state index in [1.54, 1.807) is 13.8 Å². The Balaban J connectivity index is 1.38. The second kappa shape index (κ2) is 9.77. The number of hydrogen-bond donors (Lipinski definition) is 4. The molecule has 11 nitrogen and oxygen atoms in total. The van der Waals surface area contributed by atoms with Crippen LogP contribution < -0.4 is 15.5 Å². The van der Waals surface area contributed by atoms with Gasteiger partial charge in [0.05, 0.1) is 24.9 Å². The lowest BCUT2D eigenvalue weighted by molar-refractivity contribution is 0.0985. The van der Waals surface area contributed by atoms with E-state index in [0.29, 0.717) is 66.2 Å². The number of benzene rings is 1. The quantitative estimate of drug-likeness (QED) is 0.315. The van der Waals surface area contributed by atoms with Crippen molar-refractivity contribution in [2.24, 2.45) is 0 Å². The van der Waals surface area contributed by atoms with Gasteiger partial charge in [0.2, 0.25) is 0 Å². The average molecular weight is 555 g/mol. The van der Waals surface area contributed by atoms with E-state index in [1.165, 1.54) is 0 Å². The zero-order chi connectivity index (χ0) is 27.4. The van der Waals surface area contributed by atoms with Gasteiger partial charge in [0, 0.05) is 29.9 Å². The first-order valence-electron chi connectivity index (χ1n) is 13.3. The Kier molecular flexibility index (Phi) is 6.53. The molecule has 12 heteroatoms. The van der Waals surface area contributed by atoms with Crippen LogP contribution in [0.1, 0.15) is 49.8 Å². The Hall–Kier alpha value is -3.19. The molecule has 2 saturated carbocycles. The van der Waals surface area contributed by atoms with E-state index in [4.69, 9.17) is 19.2 Å². The van der Waals surface area contributed by atoms with Crippen molar-refractivity contribution in [1.82, 2.24) is 20.4 Å². The van der Waals surface area contributed by atoms with Crippen LogP contribution in [0.5, 0.6) is 0 Å². The molecule has 1 aliphatic heterocycles. The van der Waals surface area contributed by atoms with Crippen molar-refractivity contribution < 1.29 is 23.2 Å². The van der Waals surface area contributed by atoms with Crippen LogP contribution in [0.15, 0.2) is 39.8 Å². The number of carbonyl (C=O) groups excluding carboxylic acids is 1. The fourth-order valence-corrected chi connectivity index (χ4v) is 7.52. The van der Waals surface area contributed by atoms with E-state index in [9.17, 15) is 13.9 Å². The van der Waals surface area contributed by atoms with Gasteiger partial charge in [0.15, 0.2) is 11.6 Å². The maximum atomic E-state index is 12.2. The number of morpholine rings is 1. The molecule has 2 amide bonds. The summed E-state index contributed by atoms with van der Waals surface area (Å²) in [5, 5.41) is 9.74. The standard InChI is InChI=1S/C27H34N6O5S/c1-16-15-37-13-12-33(16)23-14-22(27(10-11-27)39(35,36)24-17(2)32-38-18(24)3)30-25(31-23)19-4-6-20(7-5-19)28-26(34)29-21-8-9-21/h4-7,14,16,21,35-36H,8-13,15H2,1-3H3,(H2,28,29,34)/t16-/m0/s1. The number of aryl methyl sites for hydroxylation is 2. The van der Waals surface area contributed by atoms with E-state index < -0.39 is 15.3 Å². The summed E-state index contributed by atoms with van der Waals surface area (Å²) >= 11 is 0. The number of nitrogens with zero attached hydrogens (tertiary/aromatic N) is 4. The molecule has 0 unspecified atom stereocenters. The van der Waals surface area contributed by atoms with Crippen LogP contribution in [0.3, 0.4) is 0 Å². The van der Waals surface area contributed by atoms with Crippen molar-refractivity contribution in [3.8, 4) is 11.4 Å². The van der Waals surface area contributed by atoms with Crippen LogP contribution in [0.4, 0.5) is 16.3 Å². The number of anilines is 2. The number of carbonyl (C=O) groups is 1. The molecule has 3 aliphatic rings. The Labute approximate surface area is 228 Å². The minimum atomic E-state index is -3.33. The Morgan fingerprint density at radius 1 is 1.15 bits per heavy atom. The molecule has 0 radical (unpaired) electrons. The Bertz CT molecular complexity index is 1370. The van der Waals surface area contributed by atoms with Gasteiger partial charge >= 0.3 is 6.03 Å². The first kappa shape index (κ1) is 26.1. The molecular formula is C27H34N6O5S. The van der Waals surface area contributed by atoms with Crippen LogP contribution in [0.2, 0.25) is 0 Å². The lowest BCUT2D eigenvalue weighted by atomic mass is 10.1. The van der Waals surface area contributed by atoms with Gasteiger partial charge in [0.25, 0.3) is 0 Å². The molecule has 3 aromatic rings. The molecule has 1 saturated heterocycles. The molecule has 3 heterocycles. The fourth-order valence-electron chi connectivity index (χ4n) is 5.17. The molecule has 4 N–H and O–H groups in total. The van der Waals surface area contributed by atoms with Gasteiger partial charge in [-0.05, 0) is 70.7 Å². The van der Waals surface area contributed by atoms with Crippen LogP contribution >= 0.6 is 10.6 Å². The summed E-state index contributed by atoms with van der Waals surface area (Å²) < 4.78 is 33.3. The molecule has 6 rings (SSSR count). The highest BCUT2D eigenvalue weighted by atomic mass is 32.3. The van der Waals surface area contributed by atoms with Crippen molar-refractivity contribution in [3.05, 3.63) is 47.5 Å². The van der Waals surface area contributed by atoms with Crippen molar-refractivity contribution in [2.45, 2.75) is 68.2 Å². The monoisotopic (exact) mass is 554 g/mol. The van der Waals surface area contributed by atoms with E-state index >= 15 is 0 Å². The largest absolute Gasteiger partial charge is 0.377 e. The van der Waals surface area contributed by atoms with Gasteiger partial charge in [-0.3, -0.25) is 9.11 Å². The number of amides is 2. The molecular weight excluding hydrogens is 520 g/mol. The van der Waals surface area contributed by atoms with Gasteiger partial charge in [0.1, 0.15) is 21.2 Å². The minimum absolute atomic E-state index is 0.101. The molecule has 3 fully saturated rings. The number of hydrogen-bond acceptors (Lipinski definition) is 9. The number of urea groups is 1. The van der Waals surface area contributed by atoms with Crippen molar-refractivity contribution >= 4 is 28.1 Å². The van der Waals surface area contributed by atoms with Crippen LogP contribution in [-0.4, -0.2) is 62.1 Å². The minimum Gasteiger partial charge on any atom is -0.377 e. The number of nitrogens with one attached hydrogen (secondary N) is 2. The Morgan fingerprint density at radius 2 is 1.90 bits per heavy atom. The number of aromatic nitrogens is 3. The lowest BCUT2D eigenvalue weighted by Crippen LogP contribution is -2.44. The van der Waals surface area contributed by atoms with Crippen molar-refractivity contribution in [2.75, 3.05) is 30.0 Å². The topological polar surface area (TPSA) is 146 Å². The third-order valence-electron chi connectivity index (χ3n) is 7.66. The maximum absolute atomic E-state index is 12.2. The van der Waals surface area contributed by atoms with Gasteiger partial charge in [-0.1, -0.05) is 5.16 Å². The van der Waals surface area contributed by atoms with Gasteiger partial charge < -0.3 is 24.8 Å². The summed E-state index contributed by atoms with van der Waals surface area (Å²) in [6.07, 6.45) is 3.19. The highest BCUT2D eigenvalue weighted by Crippen LogP contribution is 2.76. The lowest BCUT2D eigenvalue weighted by Gasteiger charge is -2.41. The Morgan fingerprint density at radius 3 is 2.51 bits per heavy atom. The first-order chi connectivity index (χ1) is 18.7. The second-order valence-electron chi connectivity index (χ2n) is 10.7. The summed E-state index contributed by atoms with van der Waals surface area (Å²) in [7, 11) is -3.33. The predicted molar refractivity (Wildman–Crippen MR) is 148 cm³/mol. The van der Waals surface area contributed by atoms with Crippen molar-refractivity contribution in [3.63, 3.8) is 0 Å². The summed E-state index contributed by atoms with van der Waals surface area (Å²) in [5.41, 5.74) is 2.49. The zero-order valence-electron chi connectivity index (χ0n) is 22.3. The summed E-state index contributed by atoms with van der Waals surface area (Å²) in [4.78, 5) is 24.5. The third-order valence-corrected chi connectivity index (χ3v) is 10.5.